The zero-order valence-corrected chi connectivity index (χ0v) is 19.5. The summed E-state index contributed by atoms with van der Waals surface area (Å²) in [5, 5.41) is 0. The minimum absolute atomic E-state index is 0. The van der Waals surface area contributed by atoms with Gasteiger partial charge >= 0.3 is 6.18 Å². The van der Waals surface area contributed by atoms with Crippen LogP contribution in [0, 0.1) is 12.3 Å². The van der Waals surface area contributed by atoms with Crippen molar-refractivity contribution < 1.29 is 32.3 Å². The Hall–Kier alpha value is -1.75. The van der Waals surface area contributed by atoms with Gasteiger partial charge in [0.1, 0.15) is 24.6 Å². The summed E-state index contributed by atoms with van der Waals surface area (Å²) >= 11 is 0. The maximum absolute atomic E-state index is 10.4. The molecule has 0 aliphatic rings. The topological polar surface area (TPSA) is 68.3 Å². The molecular formula is C20H43F3O4S. The average molecular weight is 437 g/mol. The molecule has 0 radical (unpaired) electrons. The monoisotopic (exact) mass is 436 g/mol. The van der Waals surface area contributed by atoms with Crippen LogP contribution in [-0.4, -0.2) is 49.2 Å². The van der Waals surface area contributed by atoms with Gasteiger partial charge < -0.3 is 19.2 Å². The highest BCUT2D eigenvalue weighted by Gasteiger charge is 2.15. The largest absolute Gasteiger partial charge is 0.386 e. The van der Waals surface area contributed by atoms with Crippen molar-refractivity contribution in [2.45, 2.75) is 75.9 Å². The zero-order valence-electron chi connectivity index (χ0n) is 18.7. The molecule has 0 rings (SSSR count). The van der Waals surface area contributed by atoms with Crippen molar-refractivity contribution >= 4 is 41.0 Å². The van der Waals surface area contributed by atoms with Gasteiger partial charge in [0.15, 0.2) is 0 Å². The predicted octanol–water partition coefficient (Wildman–Crippen LogP) is 6.03. The Morgan fingerprint density at radius 3 is 0.964 bits per heavy atom. The van der Waals surface area contributed by atoms with Gasteiger partial charge in [0, 0.05) is 6.92 Å². The van der Waals surface area contributed by atoms with Crippen LogP contribution in [0.15, 0.2) is 0 Å². The molecule has 0 N–H and O–H groups in total. The SMILES string of the molecule is C.C#CC.C=S(C)C.CC.CC(C)=O.CC(F)(F)F.CC=O.CC=O.CC=O. The number of halogens is 3. The van der Waals surface area contributed by atoms with Gasteiger partial charge in [-0.1, -0.05) is 27.1 Å². The van der Waals surface area contributed by atoms with E-state index in [0.717, 1.165) is 18.9 Å². The summed E-state index contributed by atoms with van der Waals surface area (Å²) in [5.74, 6) is 6.08. The highest BCUT2D eigenvalue weighted by atomic mass is 32.2. The number of ketones is 1. The molecule has 0 heterocycles. The highest BCUT2D eigenvalue weighted by Crippen LogP contribution is 2.10. The van der Waals surface area contributed by atoms with E-state index < -0.39 is 6.18 Å². The number of Topliss-reactive ketones (excluding diaryl/α,β-unsaturated/α-hetero) is 1. The lowest BCUT2D eigenvalue weighted by Gasteiger charge is -1.88. The molecule has 0 atom stereocenters. The number of rotatable bonds is 0. The van der Waals surface area contributed by atoms with Crippen molar-refractivity contribution in [3.63, 3.8) is 0 Å². The first kappa shape index (κ1) is 56.2. The van der Waals surface area contributed by atoms with Crippen LogP contribution in [0.4, 0.5) is 13.2 Å². The van der Waals surface area contributed by atoms with E-state index in [0.29, 0.717) is 10.5 Å². The number of alkyl halides is 3. The molecule has 0 aromatic rings. The van der Waals surface area contributed by atoms with E-state index in [1.54, 1.807) is 6.92 Å². The van der Waals surface area contributed by atoms with Crippen LogP contribution in [0.1, 0.15) is 69.7 Å². The van der Waals surface area contributed by atoms with Crippen molar-refractivity contribution in [3.05, 3.63) is 0 Å². The second-order valence-electron chi connectivity index (χ2n) is 3.67. The number of terminal acetylenes is 1. The van der Waals surface area contributed by atoms with Crippen molar-refractivity contribution in [1.29, 1.82) is 0 Å². The second kappa shape index (κ2) is 73.1. The summed E-state index contributed by atoms with van der Waals surface area (Å²) in [4.78, 5) is 35.9. The molecule has 4 nitrogen and oxygen atoms in total. The van der Waals surface area contributed by atoms with Gasteiger partial charge in [-0.25, -0.2) is 0 Å². The molecular weight excluding hydrogens is 393 g/mol. The molecule has 0 saturated heterocycles. The van der Waals surface area contributed by atoms with Gasteiger partial charge in [-0.15, -0.1) is 12.3 Å². The number of hydrogen-bond acceptors (Lipinski definition) is 4. The van der Waals surface area contributed by atoms with E-state index in [9.17, 15) is 18.0 Å². The van der Waals surface area contributed by atoms with Crippen LogP contribution < -0.4 is 0 Å². The highest BCUT2D eigenvalue weighted by molar-refractivity contribution is 8.12. The molecule has 0 aliphatic carbocycles. The van der Waals surface area contributed by atoms with Gasteiger partial charge in [0.05, 0.1) is 0 Å². The zero-order chi connectivity index (χ0) is 24.5. The van der Waals surface area contributed by atoms with Gasteiger partial charge in [0.2, 0.25) is 0 Å². The van der Waals surface area contributed by atoms with Gasteiger partial charge in [0.25, 0.3) is 0 Å². The first-order chi connectivity index (χ1) is 12.1. The van der Waals surface area contributed by atoms with Crippen molar-refractivity contribution in [1.82, 2.24) is 0 Å². The molecule has 0 spiro atoms. The lowest BCUT2D eigenvalue weighted by Crippen LogP contribution is -1.95. The minimum atomic E-state index is -4.00. The van der Waals surface area contributed by atoms with Gasteiger partial charge in [-0.2, -0.15) is 23.7 Å². The van der Waals surface area contributed by atoms with E-state index in [2.05, 4.69) is 30.7 Å². The number of hydrogen-bond donors (Lipinski definition) is 0. The molecule has 8 heteroatoms. The maximum Gasteiger partial charge on any atom is 0.386 e. The standard InChI is InChI=1S/C3H6O.C3H8S.C3H4.C2H3F3.3C2H4O.C2H6.CH4/c1-3(2)4;1-4(2)3;1-3-2;1-2(3,4)5;3*1-2-3;1-2;/h1-2H3;1H2,2-3H3;1H,2H3;1H3;3*2H,1H3;1-2H3;1H4. The molecule has 0 aromatic carbocycles. The molecule has 0 aliphatic heterocycles. The Balaban J connectivity index is -0.0000000212. The Morgan fingerprint density at radius 2 is 0.964 bits per heavy atom. The lowest BCUT2D eigenvalue weighted by atomic mass is 10.6. The van der Waals surface area contributed by atoms with E-state index in [-0.39, 0.29) is 20.1 Å². The van der Waals surface area contributed by atoms with E-state index in [1.807, 2.05) is 13.8 Å². The van der Waals surface area contributed by atoms with Crippen molar-refractivity contribution in [2.75, 3.05) is 12.5 Å². The maximum atomic E-state index is 10.4. The Labute approximate surface area is 174 Å². The van der Waals surface area contributed by atoms with Crippen LogP contribution in [-0.2, 0) is 19.2 Å². The molecule has 0 bridgehead atoms. The molecule has 0 amide bonds. The first-order valence-corrected chi connectivity index (χ1v) is 9.81. The minimum Gasteiger partial charge on any atom is -0.304 e. The second-order valence-corrected chi connectivity index (χ2v) is 5.64. The van der Waals surface area contributed by atoms with Crippen molar-refractivity contribution in [2.24, 2.45) is 0 Å². The summed E-state index contributed by atoms with van der Waals surface area (Å²) in [5.41, 5.74) is 0. The first-order valence-electron chi connectivity index (χ1n) is 7.60. The predicted molar refractivity (Wildman–Crippen MR) is 122 cm³/mol. The van der Waals surface area contributed by atoms with Crippen LogP contribution in [0.5, 0.6) is 0 Å². The van der Waals surface area contributed by atoms with E-state index in [1.165, 1.54) is 34.6 Å². The number of carbonyl (C=O) groups excluding carboxylic acids is 4. The Morgan fingerprint density at radius 1 is 0.964 bits per heavy atom. The van der Waals surface area contributed by atoms with E-state index in [4.69, 9.17) is 14.4 Å². The third kappa shape index (κ3) is 4280. The third-order valence-corrected chi connectivity index (χ3v) is 0. The summed E-state index contributed by atoms with van der Waals surface area (Å²) in [6, 6.07) is 0. The van der Waals surface area contributed by atoms with Crippen LogP contribution >= 0.6 is 10.5 Å². The smallest absolute Gasteiger partial charge is 0.304 e. The summed E-state index contributed by atoms with van der Waals surface area (Å²) < 4.78 is 31.1. The Kier molecular flexibility index (Phi) is 147. The van der Waals surface area contributed by atoms with Crippen molar-refractivity contribution in [3.8, 4) is 12.3 Å². The number of carbonyl (C=O) groups is 4. The summed E-state index contributed by atoms with van der Waals surface area (Å²) in [7, 11) is 0.389. The normalized spacial score (nSPS) is 6.21. The quantitative estimate of drug-likeness (QED) is 0.264. The van der Waals surface area contributed by atoms with Crippen LogP contribution in [0.2, 0.25) is 0 Å². The van der Waals surface area contributed by atoms with Gasteiger partial charge in [-0.05, 0) is 54.1 Å². The van der Waals surface area contributed by atoms with Crippen LogP contribution in [0.3, 0.4) is 0 Å². The Bertz CT molecular complexity index is 295. The molecule has 0 aromatic heterocycles. The third-order valence-electron chi connectivity index (χ3n) is 0. The van der Waals surface area contributed by atoms with E-state index >= 15 is 0 Å². The van der Waals surface area contributed by atoms with Gasteiger partial charge in [-0.3, -0.25) is 0 Å². The molecule has 174 valence electrons. The molecule has 0 saturated carbocycles. The molecule has 28 heavy (non-hydrogen) atoms. The molecule has 0 fully saturated rings. The van der Waals surface area contributed by atoms with Crippen LogP contribution in [0.25, 0.3) is 0 Å². The fourth-order valence-corrected chi connectivity index (χ4v) is 0. The average Bonchev–Trinajstić information content (AvgIpc) is 2.40. The molecule has 0 unspecified atom stereocenters. The summed E-state index contributed by atoms with van der Waals surface area (Å²) in [6.45, 7) is 13.2. The fourth-order valence-electron chi connectivity index (χ4n) is 0. The lowest BCUT2D eigenvalue weighted by molar-refractivity contribution is -0.115. The number of aldehydes is 3. The summed E-state index contributed by atoms with van der Waals surface area (Å²) in [6.07, 6.45) is 7.01. The fraction of sp³-hybridized carbons (Fsp3) is 0.650.